The number of hydrogen-bond donors (Lipinski definition) is 3. The largest absolute Gasteiger partial charge is 0.337 e. The summed E-state index contributed by atoms with van der Waals surface area (Å²) in [4.78, 5) is 10.6. The van der Waals surface area contributed by atoms with E-state index in [9.17, 15) is 4.79 Å². The summed E-state index contributed by atoms with van der Waals surface area (Å²) in [6.45, 7) is 0.746. The SMILES string of the molecule is NNC(=O)NCC1CCSC1. The maximum Gasteiger partial charge on any atom is 0.328 e. The lowest BCUT2D eigenvalue weighted by atomic mass is 10.1. The maximum absolute atomic E-state index is 10.6. The zero-order valence-corrected chi connectivity index (χ0v) is 7.12. The third-order valence-corrected chi connectivity index (χ3v) is 2.94. The number of carbonyl (C=O) groups excluding carboxylic acids is 1. The molecule has 0 aromatic carbocycles. The van der Waals surface area contributed by atoms with Gasteiger partial charge in [-0.15, -0.1) is 0 Å². The first-order valence-electron chi connectivity index (χ1n) is 3.65. The fraction of sp³-hybridized carbons (Fsp3) is 0.833. The Morgan fingerprint density at radius 2 is 2.55 bits per heavy atom. The average Bonchev–Trinajstić information content (AvgIpc) is 2.52. The van der Waals surface area contributed by atoms with Gasteiger partial charge < -0.3 is 5.32 Å². The molecule has 0 saturated carbocycles. The number of urea groups is 1. The smallest absolute Gasteiger partial charge is 0.328 e. The van der Waals surface area contributed by atoms with Crippen LogP contribution in [-0.2, 0) is 0 Å². The van der Waals surface area contributed by atoms with Gasteiger partial charge in [0.15, 0.2) is 0 Å². The molecule has 11 heavy (non-hydrogen) atoms. The molecule has 4 N–H and O–H groups in total. The van der Waals surface area contributed by atoms with Crippen molar-refractivity contribution in [3.05, 3.63) is 0 Å². The quantitative estimate of drug-likeness (QED) is 0.312. The Hall–Kier alpha value is -0.420. The lowest BCUT2D eigenvalue weighted by Crippen LogP contribution is -2.41. The van der Waals surface area contributed by atoms with Gasteiger partial charge in [-0.25, -0.2) is 10.6 Å². The van der Waals surface area contributed by atoms with E-state index in [1.165, 1.54) is 12.2 Å². The second-order valence-corrected chi connectivity index (χ2v) is 3.73. The van der Waals surface area contributed by atoms with Gasteiger partial charge in [-0.2, -0.15) is 11.8 Å². The molecule has 0 aromatic heterocycles. The minimum atomic E-state index is -0.290. The Labute approximate surface area is 70.3 Å². The van der Waals surface area contributed by atoms with Gasteiger partial charge in [0.25, 0.3) is 0 Å². The van der Waals surface area contributed by atoms with Gasteiger partial charge in [-0.3, -0.25) is 5.43 Å². The number of nitrogens with one attached hydrogen (secondary N) is 2. The molecule has 1 aliphatic heterocycles. The molecule has 1 saturated heterocycles. The molecule has 2 amide bonds. The molecule has 1 heterocycles. The molecule has 0 bridgehead atoms. The van der Waals surface area contributed by atoms with Crippen molar-refractivity contribution in [3.8, 4) is 0 Å². The number of carbonyl (C=O) groups is 1. The van der Waals surface area contributed by atoms with E-state index in [0.717, 1.165) is 12.3 Å². The van der Waals surface area contributed by atoms with E-state index in [2.05, 4.69) is 5.32 Å². The first-order valence-corrected chi connectivity index (χ1v) is 4.80. The molecule has 5 heteroatoms. The zero-order chi connectivity index (χ0) is 8.10. The third-order valence-electron chi connectivity index (χ3n) is 1.71. The zero-order valence-electron chi connectivity index (χ0n) is 6.30. The summed E-state index contributed by atoms with van der Waals surface area (Å²) >= 11 is 1.94. The van der Waals surface area contributed by atoms with Crippen LogP contribution in [0.15, 0.2) is 0 Å². The molecular weight excluding hydrogens is 162 g/mol. The van der Waals surface area contributed by atoms with Crippen LogP contribution >= 0.6 is 11.8 Å². The third kappa shape index (κ3) is 2.98. The normalized spacial score (nSPS) is 23.2. The Balaban J connectivity index is 2.06. The van der Waals surface area contributed by atoms with Crippen LogP contribution in [0.4, 0.5) is 4.79 Å². The summed E-state index contributed by atoms with van der Waals surface area (Å²) in [7, 11) is 0. The van der Waals surface area contributed by atoms with E-state index in [4.69, 9.17) is 5.84 Å². The van der Waals surface area contributed by atoms with E-state index in [1.54, 1.807) is 0 Å². The van der Waals surface area contributed by atoms with Crippen molar-refractivity contribution in [1.82, 2.24) is 10.7 Å². The van der Waals surface area contributed by atoms with Gasteiger partial charge in [-0.1, -0.05) is 0 Å². The number of amides is 2. The molecule has 0 aromatic rings. The molecule has 0 aliphatic carbocycles. The minimum absolute atomic E-state index is 0.290. The van der Waals surface area contributed by atoms with Crippen molar-refractivity contribution in [2.45, 2.75) is 6.42 Å². The van der Waals surface area contributed by atoms with Crippen molar-refractivity contribution in [3.63, 3.8) is 0 Å². The molecule has 1 fully saturated rings. The summed E-state index contributed by atoms with van der Waals surface area (Å²) in [6, 6.07) is -0.290. The number of hydrazine groups is 1. The second kappa shape index (κ2) is 4.46. The number of hydrogen-bond acceptors (Lipinski definition) is 3. The molecule has 1 aliphatic rings. The highest BCUT2D eigenvalue weighted by Gasteiger charge is 2.15. The second-order valence-electron chi connectivity index (χ2n) is 2.58. The van der Waals surface area contributed by atoms with Crippen molar-refractivity contribution in [2.24, 2.45) is 11.8 Å². The van der Waals surface area contributed by atoms with Gasteiger partial charge in [0.1, 0.15) is 0 Å². The number of nitrogens with two attached hydrogens (primary N) is 1. The summed E-state index contributed by atoms with van der Waals surface area (Å²) in [5.41, 5.74) is 2.03. The first kappa shape index (κ1) is 8.67. The molecular formula is C6H13N3OS. The standard InChI is InChI=1S/C6H13N3OS/c7-9-6(10)8-3-5-1-2-11-4-5/h5H,1-4,7H2,(H2,8,9,10). The van der Waals surface area contributed by atoms with E-state index in [0.29, 0.717) is 5.92 Å². The van der Waals surface area contributed by atoms with Crippen LogP contribution in [-0.4, -0.2) is 24.1 Å². The van der Waals surface area contributed by atoms with Crippen molar-refractivity contribution >= 4 is 17.8 Å². The molecule has 1 rings (SSSR count). The highest BCUT2D eigenvalue weighted by Crippen LogP contribution is 2.22. The Morgan fingerprint density at radius 3 is 3.09 bits per heavy atom. The lowest BCUT2D eigenvalue weighted by Gasteiger charge is -2.08. The highest BCUT2D eigenvalue weighted by atomic mass is 32.2. The van der Waals surface area contributed by atoms with Crippen LogP contribution in [0.25, 0.3) is 0 Å². The molecule has 0 spiro atoms. The first-order chi connectivity index (χ1) is 5.33. The minimum Gasteiger partial charge on any atom is -0.337 e. The number of thioether (sulfide) groups is 1. The van der Waals surface area contributed by atoms with Crippen molar-refractivity contribution in [1.29, 1.82) is 0 Å². The Morgan fingerprint density at radius 1 is 1.73 bits per heavy atom. The maximum atomic E-state index is 10.6. The number of rotatable bonds is 2. The highest BCUT2D eigenvalue weighted by molar-refractivity contribution is 7.99. The van der Waals surface area contributed by atoms with E-state index < -0.39 is 0 Å². The summed E-state index contributed by atoms with van der Waals surface area (Å²) < 4.78 is 0. The predicted octanol–water partition coefficient (Wildman–Crippen LogP) is -0.0876. The Kier molecular flexibility index (Phi) is 3.51. The van der Waals surface area contributed by atoms with E-state index in [1.807, 2.05) is 17.2 Å². The van der Waals surface area contributed by atoms with E-state index in [-0.39, 0.29) is 6.03 Å². The average molecular weight is 175 g/mol. The lowest BCUT2D eigenvalue weighted by molar-refractivity contribution is 0.239. The van der Waals surface area contributed by atoms with Crippen LogP contribution in [0.2, 0.25) is 0 Å². The van der Waals surface area contributed by atoms with Crippen LogP contribution in [0.1, 0.15) is 6.42 Å². The van der Waals surface area contributed by atoms with Crippen molar-refractivity contribution in [2.75, 3.05) is 18.1 Å². The van der Waals surface area contributed by atoms with Crippen LogP contribution in [0.5, 0.6) is 0 Å². The summed E-state index contributed by atoms with van der Waals surface area (Å²) in [5, 5.41) is 2.69. The Bertz CT molecular complexity index is 136. The van der Waals surface area contributed by atoms with Gasteiger partial charge in [0, 0.05) is 6.54 Å². The van der Waals surface area contributed by atoms with Crippen molar-refractivity contribution < 1.29 is 4.79 Å². The predicted molar refractivity (Wildman–Crippen MR) is 46.2 cm³/mol. The topological polar surface area (TPSA) is 67.1 Å². The summed E-state index contributed by atoms with van der Waals surface area (Å²) in [5.74, 6) is 7.90. The van der Waals surface area contributed by atoms with Crippen LogP contribution in [0.3, 0.4) is 0 Å². The molecule has 0 radical (unpaired) electrons. The fourth-order valence-corrected chi connectivity index (χ4v) is 2.32. The molecule has 64 valence electrons. The van der Waals surface area contributed by atoms with Gasteiger partial charge >= 0.3 is 6.03 Å². The van der Waals surface area contributed by atoms with Gasteiger partial charge in [0.2, 0.25) is 0 Å². The van der Waals surface area contributed by atoms with Gasteiger partial charge in [0.05, 0.1) is 0 Å². The monoisotopic (exact) mass is 175 g/mol. The van der Waals surface area contributed by atoms with E-state index >= 15 is 0 Å². The summed E-state index contributed by atoms with van der Waals surface area (Å²) in [6.07, 6.45) is 1.20. The fourth-order valence-electron chi connectivity index (χ4n) is 1.03. The van der Waals surface area contributed by atoms with Crippen LogP contribution in [0, 0.1) is 5.92 Å². The van der Waals surface area contributed by atoms with Crippen LogP contribution < -0.4 is 16.6 Å². The molecule has 1 unspecified atom stereocenters. The molecule has 4 nitrogen and oxygen atoms in total. The van der Waals surface area contributed by atoms with Gasteiger partial charge in [-0.05, 0) is 23.8 Å². The molecule has 1 atom stereocenters.